The minimum absolute atomic E-state index is 0.0403. The van der Waals surface area contributed by atoms with Crippen molar-refractivity contribution in [3.63, 3.8) is 0 Å². The van der Waals surface area contributed by atoms with E-state index in [1.807, 2.05) is 0 Å². The summed E-state index contributed by atoms with van der Waals surface area (Å²) >= 11 is 0. The zero-order valence-electron chi connectivity index (χ0n) is 11.6. The molecule has 104 valence electrons. The lowest BCUT2D eigenvalue weighted by Gasteiger charge is -2.51. The Balaban J connectivity index is 1.57. The van der Waals surface area contributed by atoms with Crippen LogP contribution in [0.1, 0.15) is 6.42 Å². The third kappa shape index (κ3) is 1.01. The van der Waals surface area contributed by atoms with Crippen LogP contribution in [-0.2, 0) is 9.59 Å². The quantitative estimate of drug-likeness (QED) is 0.637. The summed E-state index contributed by atoms with van der Waals surface area (Å²) in [5.74, 6) is 2.49. The summed E-state index contributed by atoms with van der Waals surface area (Å²) in [6.07, 6.45) is 14.3. The number of ketones is 2. The molecule has 2 nitrogen and oxygen atoms in total. The maximum atomic E-state index is 13.1. The molecule has 0 heterocycles. The van der Waals surface area contributed by atoms with Gasteiger partial charge in [-0.1, -0.05) is 36.5 Å². The topological polar surface area (TPSA) is 34.1 Å². The van der Waals surface area contributed by atoms with Crippen LogP contribution in [-0.4, -0.2) is 11.6 Å². The molecule has 7 aliphatic rings. The summed E-state index contributed by atoms with van der Waals surface area (Å²) in [7, 11) is 0. The van der Waals surface area contributed by atoms with Gasteiger partial charge in [0, 0.05) is 34.8 Å². The van der Waals surface area contributed by atoms with Crippen molar-refractivity contribution >= 4 is 11.6 Å². The van der Waals surface area contributed by atoms with Crippen LogP contribution in [0.3, 0.4) is 0 Å². The molecule has 0 saturated heterocycles. The van der Waals surface area contributed by atoms with E-state index in [-0.39, 0.29) is 23.7 Å². The van der Waals surface area contributed by atoms with Crippen molar-refractivity contribution < 1.29 is 9.59 Å². The Labute approximate surface area is 123 Å². The van der Waals surface area contributed by atoms with Gasteiger partial charge in [0.1, 0.15) is 0 Å². The molecule has 1 fully saturated rings. The average molecular weight is 276 g/mol. The minimum Gasteiger partial charge on any atom is -0.294 e. The smallest absolute Gasteiger partial charge is 0.164 e. The van der Waals surface area contributed by atoms with Gasteiger partial charge in [-0.2, -0.15) is 0 Å². The van der Waals surface area contributed by atoms with Crippen molar-refractivity contribution in [2.45, 2.75) is 6.42 Å². The standard InChI is InChI=1S/C19H16O2/c20-18-14-8-1-2-9(7-8)15(14)19(21)17-13-6-5-12(16(17)18)10-3-4-11(10)13/h1-6,8-15H,7H2/t8-,9+,10+,11-,12+,13-,14-,15+. The van der Waals surface area contributed by atoms with Crippen molar-refractivity contribution in [3.05, 3.63) is 47.6 Å². The van der Waals surface area contributed by atoms with E-state index in [1.165, 1.54) is 0 Å². The molecule has 7 rings (SSSR count). The highest BCUT2D eigenvalue weighted by atomic mass is 16.1. The summed E-state index contributed by atoms with van der Waals surface area (Å²) in [5.41, 5.74) is 1.81. The average Bonchev–Trinajstić information content (AvgIpc) is 3.04. The molecule has 1 saturated carbocycles. The van der Waals surface area contributed by atoms with E-state index in [1.54, 1.807) is 0 Å². The lowest BCUT2D eigenvalue weighted by atomic mass is 9.50. The van der Waals surface area contributed by atoms with E-state index in [0.29, 0.717) is 35.2 Å². The molecule has 4 bridgehead atoms. The summed E-state index contributed by atoms with van der Waals surface area (Å²) in [4.78, 5) is 26.3. The molecule has 0 aromatic rings. The first-order valence-corrected chi connectivity index (χ1v) is 8.13. The fourth-order valence-electron chi connectivity index (χ4n) is 6.01. The molecular weight excluding hydrogens is 260 g/mol. The fourth-order valence-corrected chi connectivity index (χ4v) is 6.01. The Bertz CT molecular complexity index is 677. The normalized spacial score (nSPS) is 53.9. The Morgan fingerprint density at radius 3 is 1.57 bits per heavy atom. The monoisotopic (exact) mass is 276 g/mol. The number of hydrogen-bond acceptors (Lipinski definition) is 2. The highest BCUT2D eigenvalue weighted by Gasteiger charge is 2.60. The van der Waals surface area contributed by atoms with Gasteiger partial charge in [0.2, 0.25) is 0 Å². The summed E-state index contributed by atoms with van der Waals surface area (Å²) in [5, 5.41) is 0. The maximum absolute atomic E-state index is 13.1. The molecular formula is C19H16O2. The van der Waals surface area contributed by atoms with Gasteiger partial charge in [-0.05, 0) is 30.1 Å². The second-order valence-electron chi connectivity index (χ2n) is 7.53. The summed E-state index contributed by atoms with van der Waals surface area (Å²) < 4.78 is 0. The van der Waals surface area contributed by atoms with Crippen LogP contribution in [0.4, 0.5) is 0 Å². The molecule has 2 heteroatoms. The first kappa shape index (κ1) is 10.9. The van der Waals surface area contributed by atoms with Crippen LogP contribution >= 0.6 is 0 Å². The van der Waals surface area contributed by atoms with Gasteiger partial charge in [-0.3, -0.25) is 9.59 Å². The number of allylic oxidation sites excluding steroid dienone is 8. The largest absolute Gasteiger partial charge is 0.294 e. The fraction of sp³-hybridized carbons (Fsp3) is 0.474. The lowest BCUT2D eigenvalue weighted by Crippen LogP contribution is -2.51. The predicted molar refractivity (Wildman–Crippen MR) is 77.0 cm³/mol. The third-order valence-electron chi connectivity index (χ3n) is 6.91. The van der Waals surface area contributed by atoms with E-state index in [0.717, 1.165) is 17.6 Å². The Morgan fingerprint density at radius 1 is 0.667 bits per heavy atom. The number of Topliss-reactive ketones (excluding diaryl/α,β-unsaturated/α-hetero) is 2. The van der Waals surface area contributed by atoms with Crippen LogP contribution in [0.15, 0.2) is 47.6 Å². The first-order chi connectivity index (χ1) is 10.3. The van der Waals surface area contributed by atoms with Gasteiger partial charge in [0.05, 0.1) is 0 Å². The van der Waals surface area contributed by atoms with Gasteiger partial charge in [0.15, 0.2) is 11.6 Å². The Hall–Kier alpha value is -1.70. The van der Waals surface area contributed by atoms with Crippen molar-refractivity contribution in [2.75, 3.05) is 0 Å². The van der Waals surface area contributed by atoms with Gasteiger partial charge < -0.3 is 0 Å². The Kier molecular flexibility index (Phi) is 1.67. The molecule has 0 unspecified atom stereocenters. The number of fused-ring (bicyclic) bond motifs is 5. The predicted octanol–water partition coefficient (Wildman–Crippen LogP) is 2.49. The molecule has 0 N–H and O–H groups in total. The number of carbonyl (C=O) groups excluding carboxylic acids is 2. The molecule has 0 aromatic heterocycles. The second-order valence-corrected chi connectivity index (χ2v) is 7.53. The van der Waals surface area contributed by atoms with Crippen LogP contribution in [0, 0.1) is 47.3 Å². The minimum atomic E-state index is -0.0403. The van der Waals surface area contributed by atoms with E-state index < -0.39 is 0 Å². The van der Waals surface area contributed by atoms with Gasteiger partial charge in [0.25, 0.3) is 0 Å². The number of carbonyl (C=O) groups is 2. The van der Waals surface area contributed by atoms with Crippen molar-refractivity contribution in [1.82, 2.24) is 0 Å². The summed E-state index contributed by atoms with van der Waals surface area (Å²) in [6.45, 7) is 0. The molecule has 0 spiro atoms. The molecule has 7 aliphatic carbocycles. The van der Waals surface area contributed by atoms with Crippen LogP contribution in [0.25, 0.3) is 0 Å². The molecule has 0 amide bonds. The lowest BCUT2D eigenvalue weighted by molar-refractivity contribution is -0.132. The maximum Gasteiger partial charge on any atom is 0.164 e. The van der Waals surface area contributed by atoms with E-state index in [2.05, 4.69) is 36.5 Å². The number of hydrogen-bond donors (Lipinski definition) is 0. The second kappa shape index (κ2) is 3.21. The van der Waals surface area contributed by atoms with Crippen LogP contribution in [0.2, 0.25) is 0 Å². The van der Waals surface area contributed by atoms with Gasteiger partial charge >= 0.3 is 0 Å². The molecule has 8 atom stereocenters. The highest BCUT2D eigenvalue weighted by molar-refractivity contribution is 6.16. The van der Waals surface area contributed by atoms with Crippen molar-refractivity contribution in [1.29, 1.82) is 0 Å². The SMILES string of the molecule is O=C1C2=C(C(=O)[C@H]3[C@@H]1[C@H]1C=C[C@@H]3C1)[C@H]1C=C[C@@H]2[C@@H]2C=C[C@@H]21. The third-order valence-corrected chi connectivity index (χ3v) is 6.91. The first-order valence-electron chi connectivity index (χ1n) is 8.13. The van der Waals surface area contributed by atoms with E-state index in [4.69, 9.17) is 0 Å². The molecule has 0 radical (unpaired) electrons. The summed E-state index contributed by atoms with van der Waals surface area (Å²) in [6, 6.07) is 0. The van der Waals surface area contributed by atoms with E-state index in [9.17, 15) is 9.59 Å². The highest BCUT2D eigenvalue weighted by Crippen LogP contribution is 2.60. The van der Waals surface area contributed by atoms with E-state index >= 15 is 0 Å². The molecule has 0 aliphatic heterocycles. The van der Waals surface area contributed by atoms with Crippen LogP contribution < -0.4 is 0 Å². The number of rotatable bonds is 0. The van der Waals surface area contributed by atoms with Gasteiger partial charge in [-0.25, -0.2) is 0 Å². The van der Waals surface area contributed by atoms with Crippen molar-refractivity contribution in [2.24, 2.45) is 47.3 Å². The van der Waals surface area contributed by atoms with Gasteiger partial charge in [-0.15, -0.1) is 0 Å². The molecule has 0 aromatic carbocycles. The Morgan fingerprint density at radius 2 is 1.14 bits per heavy atom. The van der Waals surface area contributed by atoms with Crippen LogP contribution in [0.5, 0.6) is 0 Å². The molecule has 21 heavy (non-hydrogen) atoms. The van der Waals surface area contributed by atoms with Crippen molar-refractivity contribution in [3.8, 4) is 0 Å². The zero-order valence-corrected chi connectivity index (χ0v) is 11.6. The zero-order chi connectivity index (χ0) is 13.9.